The molecule has 19 heavy (non-hydrogen) atoms. The maximum atomic E-state index is 12.0. The van der Waals surface area contributed by atoms with Crippen LogP contribution in [-0.4, -0.2) is 16.1 Å². The van der Waals surface area contributed by atoms with Crippen LogP contribution in [0.15, 0.2) is 30.3 Å². The molecule has 1 aliphatic carbocycles. The van der Waals surface area contributed by atoms with Crippen molar-refractivity contribution in [3.63, 3.8) is 0 Å². The number of aryl methyl sites for hydroxylation is 2. The van der Waals surface area contributed by atoms with Crippen LogP contribution in [0, 0.1) is 0 Å². The molecule has 0 fully saturated rings. The molecule has 2 aromatic rings. The molecule has 0 unspecified atom stereocenters. The molecule has 1 heterocycles. The Labute approximate surface area is 110 Å². The molecular weight excluding hydrogens is 240 g/mol. The zero-order valence-electron chi connectivity index (χ0n) is 10.4. The van der Waals surface area contributed by atoms with Crippen LogP contribution in [0.2, 0.25) is 0 Å². The number of carbonyl (C=O) groups is 1. The number of hydrogen-bond donors (Lipinski definition) is 2. The predicted octanol–water partition coefficient (Wildman–Crippen LogP) is 1.80. The van der Waals surface area contributed by atoms with E-state index in [9.17, 15) is 4.79 Å². The maximum Gasteiger partial charge on any atom is 0.276 e. The summed E-state index contributed by atoms with van der Waals surface area (Å²) in [5, 5.41) is 10.3. The third-order valence-corrected chi connectivity index (χ3v) is 3.27. The van der Waals surface area contributed by atoms with Crippen molar-refractivity contribution >= 4 is 17.4 Å². The Hall–Kier alpha value is -2.43. The van der Waals surface area contributed by atoms with Gasteiger partial charge in [0.15, 0.2) is 5.69 Å². The van der Waals surface area contributed by atoms with Crippen LogP contribution in [-0.2, 0) is 12.8 Å². The van der Waals surface area contributed by atoms with E-state index in [0.29, 0.717) is 5.82 Å². The van der Waals surface area contributed by atoms with E-state index in [0.717, 1.165) is 18.5 Å². The quantitative estimate of drug-likeness (QED) is 0.856. The summed E-state index contributed by atoms with van der Waals surface area (Å²) in [6, 6.07) is 9.15. The van der Waals surface area contributed by atoms with Gasteiger partial charge in [0, 0.05) is 5.69 Å². The Morgan fingerprint density at radius 3 is 2.74 bits per heavy atom. The first-order valence-corrected chi connectivity index (χ1v) is 6.25. The van der Waals surface area contributed by atoms with E-state index in [-0.39, 0.29) is 11.6 Å². The van der Waals surface area contributed by atoms with Crippen LogP contribution >= 0.6 is 0 Å². The van der Waals surface area contributed by atoms with Gasteiger partial charge in [-0.25, -0.2) is 0 Å². The van der Waals surface area contributed by atoms with Gasteiger partial charge in [0.1, 0.15) is 5.82 Å². The highest BCUT2D eigenvalue weighted by molar-refractivity contribution is 6.02. The van der Waals surface area contributed by atoms with Crippen LogP contribution in [0.25, 0.3) is 0 Å². The van der Waals surface area contributed by atoms with Crippen molar-refractivity contribution < 1.29 is 4.79 Å². The van der Waals surface area contributed by atoms with Gasteiger partial charge >= 0.3 is 0 Å². The molecule has 3 N–H and O–H groups in total. The number of carbonyl (C=O) groups excluding carboxylic acids is 1. The molecule has 96 valence electrons. The number of benzene rings is 1. The zero-order chi connectivity index (χ0) is 13.2. The summed E-state index contributed by atoms with van der Waals surface area (Å²) < 4.78 is 0. The minimum absolute atomic E-state index is 0.259. The van der Waals surface area contributed by atoms with E-state index >= 15 is 0 Å². The normalized spacial score (nSPS) is 13.1. The lowest BCUT2D eigenvalue weighted by molar-refractivity contribution is 0.102. The molecule has 0 saturated heterocycles. The molecule has 1 aliphatic rings. The molecule has 5 nitrogen and oxygen atoms in total. The number of nitrogens with two attached hydrogens (primary N) is 1. The molecule has 0 saturated carbocycles. The number of nitrogen functional groups attached to an aromatic ring is 1. The van der Waals surface area contributed by atoms with Crippen molar-refractivity contribution in [1.82, 2.24) is 10.2 Å². The third kappa shape index (κ3) is 2.40. The second kappa shape index (κ2) is 4.68. The summed E-state index contributed by atoms with van der Waals surface area (Å²) >= 11 is 0. The fourth-order valence-electron chi connectivity index (χ4n) is 2.31. The highest BCUT2D eigenvalue weighted by Gasteiger charge is 2.13. The van der Waals surface area contributed by atoms with Crippen molar-refractivity contribution in [2.45, 2.75) is 19.3 Å². The largest absolute Gasteiger partial charge is 0.382 e. The third-order valence-electron chi connectivity index (χ3n) is 3.27. The van der Waals surface area contributed by atoms with Gasteiger partial charge in [0.05, 0.1) is 0 Å². The van der Waals surface area contributed by atoms with Gasteiger partial charge < -0.3 is 11.1 Å². The number of fused-ring (bicyclic) bond motifs is 1. The summed E-state index contributed by atoms with van der Waals surface area (Å²) in [6.07, 6.45) is 3.41. The molecule has 0 aliphatic heterocycles. The maximum absolute atomic E-state index is 12.0. The van der Waals surface area contributed by atoms with Gasteiger partial charge in [-0.2, -0.15) is 0 Å². The van der Waals surface area contributed by atoms with E-state index in [1.807, 2.05) is 12.1 Å². The Kier molecular flexibility index (Phi) is 2.87. The fraction of sp³-hybridized carbons (Fsp3) is 0.214. The number of hydrogen-bond acceptors (Lipinski definition) is 4. The number of amides is 1. The van der Waals surface area contributed by atoms with Gasteiger partial charge in [-0.05, 0) is 54.7 Å². The lowest BCUT2D eigenvalue weighted by Crippen LogP contribution is -2.14. The minimum Gasteiger partial charge on any atom is -0.382 e. The number of anilines is 2. The van der Waals surface area contributed by atoms with Crippen LogP contribution in [0.4, 0.5) is 11.5 Å². The summed E-state index contributed by atoms with van der Waals surface area (Å²) in [5.41, 5.74) is 9.19. The average Bonchev–Trinajstić information content (AvgIpc) is 2.87. The van der Waals surface area contributed by atoms with Crippen molar-refractivity contribution in [2.75, 3.05) is 11.1 Å². The van der Waals surface area contributed by atoms with E-state index in [2.05, 4.69) is 21.6 Å². The second-order valence-corrected chi connectivity index (χ2v) is 4.63. The van der Waals surface area contributed by atoms with Crippen LogP contribution in [0.5, 0.6) is 0 Å². The summed E-state index contributed by atoms with van der Waals surface area (Å²) in [7, 11) is 0. The van der Waals surface area contributed by atoms with E-state index in [4.69, 9.17) is 5.73 Å². The average molecular weight is 254 g/mol. The molecule has 0 spiro atoms. The smallest absolute Gasteiger partial charge is 0.276 e. The summed E-state index contributed by atoms with van der Waals surface area (Å²) in [6.45, 7) is 0. The first kappa shape index (κ1) is 11.6. The van der Waals surface area contributed by atoms with Gasteiger partial charge in [0.2, 0.25) is 0 Å². The van der Waals surface area contributed by atoms with Gasteiger partial charge in [-0.3, -0.25) is 4.79 Å². The molecule has 5 heteroatoms. The lowest BCUT2D eigenvalue weighted by atomic mass is 10.1. The molecule has 0 bridgehead atoms. The summed E-state index contributed by atoms with van der Waals surface area (Å²) in [4.78, 5) is 12.0. The predicted molar refractivity (Wildman–Crippen MR) is 72.9 cm³/mol. The van der Waals surface area contributed by atoms with Crippen LogP contribution < -0.4 is 11.1 Å². The van der Waals surface area contributed by atoms with E-state index in [1.165, 1.54) is 17.5 Å². The molecule has 0 atom stereocenters. The number of nitrogens with one attached hydrogen (secondary N) is 1. The Morgan fingerprint density at radius 2 is 1.95 bits per heavy atom. The van der Waals surface area contributed by atoms with Crippen molar-refractivity contribution in [3.05, 3.63) is 47.2 Å². The fourth-order valence-corrected chi connectivity index (χ4v) is 2.31. The van der Waals surface area contributed by atoms with Gasteiger partial charge in [-0.1, -0.05) is 6.07 Å². The van der Waals surface area contributed by atoms with Crippen molar-refractivity contribution in [2.24, 2.45) is 0 Å². The van der Waals surface area contributed by atoms with E-state index in [1.54, 1.807) is 12.1 Å². The standard InChI is InChI=1S/C14H14N4O/c15-13-7-6-12(17-18-13)14(19)16-11-5-4-9-2-1-3-10(9)8-11/h4-8H,1-3H2,(H2,15,18)(H,16,19). The molecule has 1 amide bonds. The highest BCUT2D eigenvalue weighted by atomic mass is 16.1. The lowest BCUT2D eigenvalue weighted by Gasteiger charge is -2.06. The SMILES string of the molecule is Nc1ccc(C(=O)Nc2ccc3c(c2)CCC3)nn1. The highest BCUT2D eigenvalue weighted by Crippen LogP contribution is 2.25. The van der Waals surface area contributed by atoms with Crippen LogP contribution in [0.3, 0.4) is 0 Å². The van der Waals surface area contributed by atoms with Crippen molar-refractivity contribution in [1.29, 1.82) is 0 Å². The number of rotatable bonds is 2. The first-order valence-electron chi connectivity index (χ1n) is 6.25. The van der Waals surface area contributed by atoms with Gasteiger partial charge in [-0.15, -0.1) is 10.2 Å². The number of nitrogens with zero attached hydrogens (tertiary/aromatic N) is 2. The Morgan fingerprint density at radius 1 is 1.11 bits per heavy atom. The Bertz CT molecular complexity index is 622. The molecule has 1 aromatic heterocycles. The van der Waals surface area contributed by atoms with Crippen LogP contribution in [0.1, 0.15) is 28.0 Å². The molecular formula is C14H14N4O. The molecule has 3 rings (SSSR count). The summed E-state index contributed by atoms with van der Waals surface area (Å²) in [5.74, 6) is 0.0273. The first-order chi connectivity index (χ1) is 9.22. The van der Waals surface area contributed by atoms with Crippen molar-refractivity contribution in [3.8, 4) is 0 Å². The zero-order valence-corrected chi connectivity index (χ0v) is 10.4. The van der Waals surface area contributed by atoms with Gasteiger partial charge in [0.25, 0.3) is 5.91 Å². The Balaban J connectivity index is 1.77. The monoisotopic (exact) mass is 254 g/mol. The minimum atomic E-state index is -0.273. The number of aromatic nitrogens is 2. The van der Waals surface area contributed by atoms with E-state index < -0.39 is 0 Å². The molecule has 0 radical (unpaired) electrons. The second-order valence-electron chi connectivity index (χ2n) is 4.63. The topological polar surface area (TPSA) is 80.9 Å². The molecule has 1 aromatic carbocycles.